The Morgan fingerprint density at radius 3 is 2.59 bits per heavy atom. The number of rotatable bonds is 6. The van der Waals surface area contributed by atoms with E-state index in [1.807, 2.05) is 20.8 Å². The van der Waals surface area contributed by atoms with Gasteiger partial charge in [-0.15, -0.1) is 5.10 Å². The van der Waals surface area contributed by atoms with E-state index < -0.39 is 52.8 Å². The van der Waals surface area contributed by atoms with Crippen molar-refractivity contribution in [2.75, 3.05) is 5.32 Å². The van der Waals surface area contributed by atoms with E-state index in [1.165, 1.54) is 30.3 Å². The van der Waals surface area contributed by atoms with Crippen LogP contribution in [0.25, 0.3) is 0 Å². The molecule has 2 aromatic carbocycles. The van der Waals surface area contributed by atoms with Crippen molar-refractivity contribution >= 4 is 41.0 Å². The third kappa shape index (κ3) is 4.64. The number of H-pyrrole nitrogens is 1. The number of aromatic nitrogens is 3. The average Bonchev–Trinajstić information content (AvgIpc) is 3.37. The molecule has 1 aromatic heterocycles. The number of carboxylic acid groups (broad SMARTS) is 1. The molecule has 1 aliphatic heterocycles. The minimum Gasteiger partial charge on any atom is -0.481 e. The number of nitriles is 1. The summed E-state index contributed by atoms with van der Waals surface area (Å²) in [6, 6.07) is 9.30. The predicted octanol–water partition coefficient (Wildman–Crippen LogP) is 4.98. The first kappa shape index (κ1) is 28.9. The van der Waals surface area contributed by atoms with Crippen LogP contribution in [-0.2, 0) is 21.4 Å². The maximum absolute atomic E-state index is 15.8. The quantitative estimate of drug-likeness (QED) is 0.311. The van der Waals surface area contributed by atoms with Crippen molar-refractivity contribution in [3.63, 3.8) is 0 Å². The summed E-state index contributed by atoms with van der Waals surface area (Å²) < 4.78 is 31.6. The molecule has 1 unspecified atom stereocenters. The van der Waals surface area contributed by atoms with Crippen molar-refractivity contribution in [3.05, 3.63) is 75.0 Å². The maximum atomic E-state index is 15.8. The lowest BCUT2D eigenvalue weighted by Gasteiger charge is -2.37. The standard InChI is InChI=1S/C28H26Cl2F2N6O3/c1-26(2,3)18-11-28(18)27(12-33,15-8-7-13(29)9-17(15)31)21(14-5-4-6-16(30)22(14)32)23(36-28)24(41)35-25-34-19(37-38-25)10-20(39)40/h4-9,18,21,23,36H,10-11H2,1-3H3,(H,39,40)(H2,34,35,37,38,41)/t18-,21-,23+,27+,28?/m0/s1. The summed E-state index contributed by atoms with van der Waals surface area (Å²) in [4.78, 5) is 28.9. The molecule has 2 aliphatic rings. The van der Waals surface area contributed by atoms with Crippen LogP contribution < -0.4 is 10.6 Å². The summed E-state index contributed by atoms with van der Waals surface area (Å²) in [5, 5.41) is 32.1. The van der Waals surface area contributed by atoms with Crippen molar-refractivity contribution in [3.8, 4) is 6.07 Å². The Hall–Kier alpha value is -3.59. The number of benzene rings is 2. The number of nitrogens with one attached hydrogen (secondary N) is 3. The minimum atomic E-state index is -1.78. The number of halogens is 4. The molecule has 1 aliphatic carbocycles. The number of carboxylic acids is 1. The fourth-order valence-corrected chi connectivity index (χ4v) is 6.85. The molecule has 13 heteroatoms. The van der Waals surface area contributed by atoms with Gasteiger partial charge < -0.3 is 5.11 Å². The van der Waals surface area contributed by atoms with Crippen molar-refractivity contribution in [2.24, 2.45) is 11.3 Å². The molecule has 2 fully saturated rings. The van der Waals surface area contributed by atoms with Gasteiger partial charge in [-0.05, 0) is 41.5 Å². The van der Waals surface area contributed by atoms with Crippen LogP contribution in [0.15, 0.2) is 36.4 Å². The number of nitrogens with zero attached hydrogens (tertiary/aromatic N) is 3. The first-order valence-electron chi connectivity index (χ1n) is 12.8. The number of aromatic amines is 1. The Bertz CT molecular complexity index is 1600. The van der Waals surface area contributed by atoms with E-state index in [9.17, 15) is 14.9 Å². The van der Waals surface area contributed by atoms with Crippen molar-refractivity contribution in [1.29, 1.82) is 5.26 Å². The monoisotopic (exact) mass is 602 g/mol. The van der Waals surface area contributed by atoms with E-state index >= 15 is 8.78 Å². The van der Waals surface area contributed by atoms with Crippen LogP contribution in [0.2, 0.25) is 10.0 Å². The molecule has 0 bridgehead atoms. The molecule has 0 radical (unpaired) electrons. The largest absolute Gasteiger partial charge is 0.481 e. The predicted molar refractivity (Wildman–Crippen MR) is 146 cm³/mol. The highest BCUT2D eigenvalue weighted by molar-refractivity contribution is 6.31. The molecule has 1 spiro atoms. The van der Waals surface area contributed by atoms with Gasteiger partial charge in [0.05, 0.1) is 17.1 Å². The van der Waals surface area contributed by atoms with E-state index in [0.717, 1.165) is 6.07 Å². The second-order valence-electron chi connectivity index (χ2n) is 11.5. The zero-order valence-corrected chi connectivity index (χ0v) is 23.7. The van der Waals surface area contributed by atoms with Crippen molar-refractivity contribution in [2.45, 2.75) is 56.5 Å². The summed E-state index contributed by atoms with van der Waals surface area (Å²) in [6.45, 7) is 5.94. The SMILES string of the molecule is CC(C)(C)[C@@H]1CC12N[C@@H](C(=O)Nc1n[nH]c(CC(=O)O)n1)[C@H](c1cccc(Cl)c1F)[C@@]2(C#N)c1ccc(Cl)cc1F. The molecule has 1 saturated heterocycles. The maximum Gasteiger partial charge on any atom is 0.311 e. The zero-order valence-electron chi connectivity index (χ0n) is 22.2. The first-order chi connectivity index (χ1) is 19.2. The van der Waals surface area contributed by atoms with Gasteiger partial charge in [-0.3, -0.25) is 25.3 Å². The van der Waals surface area contributed by atoms with Gasteiger partial charge in [0.15, 0.2) is 0 Å². The van der Waals surface area contributed by atoms with E-state index in [-0.39, 0.29) is 44.3 Å². The summed E-state index contributed by atoms with van der Waals surface area (Å²) in [5.41, 5.74) is -3.36. The summed E-state index contributed by atoms with van der Waals surface area (Å²) in [7, 11) is 0. The summed E-state index contributed by atoms with van der Waals surface area (Å²) >= 11 is 12.2. The van der Waals surface area contributed by atoms with Crippen LogP contribution in [0.5, 0.6) is 0 Å². The second-order valence-corrected chi connectivity index (χ2v) is 12.4. The number of aliphatic carboxylic acids is 1. The fourth-order valence-electron chi connectivity index (χ4n) is 6.50. The Morgan fingerprint density at radius 1 is 1.24 bits per heavy atom. The molecule has 1 saturated carbocycles. The highest BCUT2D eigenvalue weighted by Crippen LogP contribution is 2.70. The number of hydrogen-bond donors (Lipinski definition) is 4. The van der Waals surface area contributed by atoms with E-state index in [4.69, 9.17) is 28.3 Å². The topological polar surface area (TPSA) is 144 Å². The first-order valence-corrected chi connectivity index (χ1v) is 13.5. The Morgan fingerprint density at radius 2 is 1.98 bits per heavy atom. The molecule has 5 atom stereocenters. The Balaban J connectivity index is 1.71. The highest BCUT2D eigenvalue weighted by Gasteiger charge is 2.79. The fraction of sp³-hybridized carbons (Fsp3) is 0.393. The lowest BCUT2D eigenvalue weighted by molar-refractivity contribution is -0.136. The van der Waals surface area contributed by atoms with Gasteiger partial charge in [0.1, 0.15) is 29.3 Å². The smallest absolute Gasteiger partial charge is 0.311 e. The number of hydrogen-bond acceptors (Lipinski definition) is 6. The van der Waals surface area contributed by atoms with Gasteiger partial charge in [-0.1, -0.05) is 62.2 Å². The van der Waals surface area contributed by atoms with Gasteiger partial charge in [0.25, 0.3) is 0 Å². The van der Waals surface area contributed by atoms with Crippen molar-refractivity contribution in [1.82, 2.24) is 20.5 Å². The minimum absolute atomic E-state index is 0.00526. The molecule has 2 heterocycles. The number of amides is 1. The number of anilines is 1. The van der Waals surface area contributed by atoms with E-state index in [0.29, 0.717) is 6.42 Å². The lowest BCUT2D eigenvalue weighted by atomic mass is 9.62. The average molecular weight is 603 g/mol. The van der Waals surface area contributed by atoms with Crippen LogP contribution in [0.1, 0.15) is 50.1 Å². The summed E-state index contributed by atoms with van der Waals surface area (Å²) in [5.74, 6) is -5.14. The molecule has 41 heavy (non-hydrogen) atoms. The zero-order chi connectivity index (χ0) is 29.9. The third-order valence-corrected chi connectivity index (χ3v) is 8.67. The Labute approximate surface area is 244 Å². The number of carbonyl (C=O) groups is 2. The normalized spacial score (nSPS) is 27.0. The van der Waals surface area contributed by atoms with Crippen LogP contribution >= 0.6 is 23.2 Å². The van der Waals surface area contributed by atoms with Crippen LogP contribution in [0.3, 0.4) is 0 Å². The van der Waals surface area contributed by atoms with Crippen LogP contribution in [0.4, 0.5) is 14.7 Å². The Kier molecular flexibility index (Phi) is 7.09. The van der Waals surface area contributed by atoms with Gasteiger partial charge in [0.2, 0.25) is 11.9 Å². The molecular weight excluding hydrogens is 577 g/mol. The highest BCUT2D eigenvalue weighted by atomic mass is 35.5. The summed E-state index contributed by atoms with van der Waals surface area (Å²) in [6.07, 6.45) is -0.0529. The third-order valence-electron chi connectivity index (χ3n) is 8.14. The molecule has 3 aromatic rings. The van der Waals surface area contributed by atoms with Crippen LogP contribution in [0, 0.1) is 34.3 Å². The lowest BCUT2D eigenvalue weighted by Crippen LogP contribution is -2.48. The molecule has 4 N–H and O–H groups in total. The molecule has 1 amide bonds. The van der Waals surface area contributed by atoms with Gasteiger partial charge in [0, 0.05) is 22.0 Å². The van der Waals surface area contributed by atoms with Crippen molar-refractivity contribution < 1.29 is 23.5 Å². The molecular formula is C28H26Cl2F2N6O3. The van der Waals surface area contributed by atoms with Gasteiger partial charge in [-0.25, -0.2) is 8.78 Å². The molecule has 5 rings (SSSR count). The van der Waals surface area contributed by atoms with E-state index in [2.05, 4.69) is 31.9 Å². The van der Waals surface area contributed by atoms with Gasteiger partial charge >= 0.3 is 5.97 Å². The number of carbonyl (C=O) groups excluding carboxylic acids is 1. The molecule has 9 nitrogen and oxygen atoms in total. The second kappa shape index (κ2) is 10.0. The van der Waals surface area contributed by atoms with E-state index in [1.54, 1.807) is 0 Å². The molecule has 214 valence electrons. The van der Waals surface area contributed by atoms with Crippen LogP contribution in [-0.4, -0.2) is 43.7 Å². The van der Waals surface area contributed by atoms with Gasteiger partial charge in [-0.2, -0.15) is 10.2 Å².